The number of fused-ring (bicyclic) bond motifs is 1. The zero-order valence-electron chi connectivity index (χ0n) is 14.3. The fraction of sp³-hybridized carbons (Fsp3) is 0.389. The molecule has 0 radical (unpaired) electrons. The zero-order valence-corrected chi connectivity index (χ0v) is 14.3. The van der Waals surface area contributed by atoms with E-state index in [1.807, 2.05) is 24.3 Å². The lowest BCUT2D eigenvalue weighted by Gasteiger charge is -2.06. The second-order valence-electron chi connectivity index (χ2n) is 6.38. The second kappa shape index (κ2) is 6.47. The van der Waals surface area contributed by atoms with Crippen molar-refractivity contribution < 1.29 is 0 Å². The number of rotatable bonds is 5. The molecule has 0 unspecified atom stereocenters. The van der Waals surface area contributed by atoms with E-state index < -0.39 is 0 Å². The van der Waals surface area contributed by atoms with Gasteiger partial charge < -0.3 is 0 Å². The van der Waals surface area contributed by atoms with Crippen molar-refractivity contribution in [3.8, 4) is 5.69 Å². The summed E-state index contributed by atoms with van der Waals surface area (Å²) in [5.41, 5.74) is 1.54. The van der Waals surface area contributed by atoms with Gasteiger partial charge in [0.2, 0.25) is 5.65 Å². The molecule has 0 atom stereocenters. The highest BCUT2D eigenvalue weighted by molar-refractivity contribution is 5.41. The molecule has 0 aliphatic heterocycles. The number of benzene rings is 1. The summed E-state index contributed by atoms with van der Waals surface area (Å²) >= 11 is 0. The van der Waals surface area contributed by atoms with Crippen LogP contribution in [0.1, 0.15) is 32.8 Å². The van der Waals surface area contributed by atoms with E-state index in [9.17, 15) is 9.59 Å². The van der Waals surface area contributed by atoms with Crippen LogP contribution in [0.2, 0.25) is 0 Å². The third-order valence-corrected chi connectivity index (χ3v) is 4.16. The Labute approximate surface area is 140 Å². The summed E-state index contributed by atoms with van der Waals surface area (Å²) in [6.45, 7) is 6.77. The largest absolute Gasteiger partial charge is 0.350 e. The molecule has 0 aliphatic rings. The number of aromatic nitrogens is 4. The fourth-order valence-electron chi connectivity index (χ4n) is 2.66. The lowest BCUT2D eigenvalue weighted by molar-refractivity contribution is 0.478. The van der Waals surface area contributed by atoms with Gasteiger partial charge in [0, 0.05) is 24.6 Å². The molecule has 0 N–H and O–H groups in total. The smallest absolute Gasteiger partial charge is 0.280 e. The maximum Gasteiger partial charge on any atom is 0.350 e. The van der Waals surface area contributed by atoms with Crippen LogP contribution in [-0.2, 0) is 13.0 Å². The maximum absolute atomic E-state index is 12.8. The average Bonchev–Trinajstić information content (AvgIpc) is 2.90. The first-order valence-electron chi connectivity index (χ1n) is 8.31. The number of hydrogen-bond acceptors (Lipinski definition) is 3. The first kappa shape index (κ1) is 16.2. The molecule has 6 nitrogen and oxygen atoms in total. The summed E-state index contributed by atoms with van der Waals surface area (Å²) in [4.78, 5) is 25.1. The lowest BCUT2D eigenvalue weighted by Crippen LogP contribution is -2.24. The van der Waals surface area contributed by atoms with Crippen LogP contribution in [0.5, 0.6) is 0 Å². The van der Waals surface area contributed by atoms with Crippen molar-refractivity contribution in [3.05, 3.63) is 63.1 Å². The summed E-state index contributed by atoms with van der Waals surface area (Å²) < 4.78 is 4.24. The standard InChI is InChI=1S/C18H22N4O2/c1-4-14-6-5-7-15(12-14)20-10-11-21-16(17(20)23)19-22(18(21)24)9-8-13(2)3/h5-7,10-13H,4,8-9H2,1-3H3. The Morgan fingerprint density at radius 1 is 1.17 bits per heavy atom. The van der Waals surface area contributed by atoms with E-state index in [4.69, 9.17) is 0 Å². The van der Waals surface area contributed by atoms with Crippen LogP contribution in [0, 0.1) is 5.92 Å². The molecular formula is C18H22N4O2. The fourth-order valence-corrected chi connectivity index (χ4v) is 2.66. The molecule has 0 amide bonds. The molecule has 0 bridgehead atoms. The van der Waals surface area contributed by atoms with Crippen LogP contribution < -0.4 is 11.2 Å². The highest BCUT2D eigenvalue weighted by Crippen LogP contribution is 2.09. The highest BCUT2D eigenvalue weighted by atomic mass is 16.2. The Bertz CT molecular complexity index is 979. The summed E-state index contributed by atoms with van der Waals surface area (Å²) in [5, 5.41) is 4.25. The molecular weight excluding hydrogens is 304 g/mol. The molecule has 3 rings (SSSR count). The first-order valence-corrected chi connectivity index (χ1v) is 8.31. The van der Waals surface area contributed by atoms with Gasteiger partial charge in [-0.15, -0.1) is 5.10 Å². The van der Waals surface area contributed by atoms with Gasteiger partial charge in [0.05, 0.1) is 0 Å². The van der Waals surface area contributed by atoms with Gasteiger partial charge in [0.1, 0.15) is 0 Å². The van der Waals surface area contributed by atoms with E-state index in [1.54, 1.807) is 12.4 Å². The van der Waals surface area contributed by atoms with Crippen molar-refractivity contribution in [1.82, 2.24) is 18.7 Å². The molecule has 126 valence electrons. The molecule has 0 aliphatic carbocycles. The Morgan fingerprint density at radius 2 is 1.96 bits per heavy atom. The summed E-state index contributed by atoms with van der Waals surface area (Å²) in [6.07, 6.45) is 4.97. The van der Waals surface area contributed by atoms with Crippen LogP contribution in [0.25, 0.3) is 11.3 Å². The summed E-state index contributed by atoms with van der Waals surface area (Å²) in [6, 6.07) is 7.81. The van der Waals surface area contributed by atoms with Crippen LogP contribution in [0.15, 0.2) is 46.2 Å². The van der Waals surface area contributed by atoms with Gasteiger partial charge in [-0.05, 0) is 36.5 Å². The van der Waals surface area contributed by atoms with Gasteiger partial charge in [-0.25, -0.2) is 13.9 Å². The van der Waals surface area contributed by atoms with Gasteiger partial charge in [0.25, 0.3) is 0 Å². The van der Waals surface area contributed by atoms with E-state index in [-0.39, 0.29) is 16.9 Å². The average molecular weight is 326 g/mol. The maximum atomic E-state index is 12.8. The molecule has 0 fully saturated rings. The van der Waals surface area contributed by atoms with Crippen molar-refractivity contribution in [2.75, 3.05) is 0 Å². The predicted octanol–water partition coefficient (Wildman–Crippen LogP) is 2.26. The summed E-state index contributed by atoms with van der Waals surface area (Å²) in [5.74, 6) is 0.468. The minimum Gasteiger partial charge on any atom is -0.280 e. The molecule has 6 heteroatoms. The van der Waals surface area contributed by atoms with Crippen LogP contribution >= 0.6 is 0 Å². The lowest BCUT2D eigenvalue weighted by atomic mass is 10.1. The van der Waals surface area contributed by atoms with Crippen LogP contribution in [-0.4, -0.2) is 18.7 Å². The Morgan fingerprint density at radius 3 is 2.67 bits per heavy atom. The molecule has 2 heterocycles. The van der Waals surface area contributed by atoms with E-state index in [0.717, 1.165) is 24.1 Å². The van der Waals surface area contributed by atoms with Gasteiger partial charge in [-0.1, -0.05) is 32.9 Å². The van der Waals surface area contributed by atoms with Crippen LogP contribution in [0.3, 0.4) is 0 Å². The predicted molar refractivity (Wildman–Crippen MR) is 93.9 cm³/mol. The molecule has 0 saturated heterocycles. The highest BCUT2D eigenvalue weighted by Gasteiger charge is 2.13. The van der Waals surface area contributed by atoms with E-state index in [0.29, 0.717) is 12.5 Å². The Hall–Kier alpha value is -2.63. The molecule has 0 spiro atoms. The van der Waals surface area contributed by atoms with Gasteiger partial charge in [0.15, 0.2) is 0 Å². The SMILES string of the molecule is CCc1cccc(-n2ccn3c(=O)n(CCC(C)C)nc3c2=O)c1. The molecule has 24 heavy (non-hydrogen) atoms. The third-order valence-electron chi connectivity index (χ3n) is 4.16. The van der Waals surface area contributed by atoms with Gasteiger partial charge in [-0.2, -0.15) is 0 Å². The van der Waals surface area contributed by atoms with Gasteiger partial charge in [-0.3, -0.25) is 9.36 Å². The van der Waals surface area contributed by atoms with Crippen molar-refractivity contribution in [2.45, 2.75) is 40.2 Å². The van der Waals surface area contributed by atoms with E-state index >= 15 is 0 Å². The normalized spacial score (nSPS) is 11.5. The molecule has 3 aromatic rings. The minimum atomic E-state index is -0.286. The Kier molecular flexibility index (Phi) is 4.38. The van der Waals surface area contributed by atoms with Crippen molar-refractivity contribution in [3.63, 3.8) is 0 Å². The minimum absolute atomic E-state index is 0.160. The quantitative estimate of drug-likeness (QED) is 0.722. The van der Waals surface area contributed by atoms with Crippen molar-refractivity contribution in [1.29, 1.82) is 0 Å². The molecule has 2 aromatic heterocycles. The van der Waals surface area contributed by atoms with E-state index in [1.165, 1.54) is 13.6 Å². The Balaban J connectivity index is 2.11. The first-order chi connectivity index (χ1) is 11.5. The summed E-state index contributed by atoms with van der Waals surface area (Å²) in [7, 11) is 0. The number of nitrogens with zero attached hydrogens (tertiary/aromatic N) is 4. The molecule has 1 aromatic carbocycles. The third kappa shape index (κ3) is 2.91. The van der Waals surface area contributed by atoms with Crippen LogP contribution in [0.4, 0.5) is 0 Å². The molecule has 0 saturated carbocycles. The van der Waals surface area contributed by atoms with Gasteiger partial charge >= 0.3 is 11.2 Å². The second-order valence-corrected chi connectivity index (χ2v) is 6.38. The number of aryl methyl sites for hydroxylation is 2. The van der Waals surface area contributed by atoms with Crippen molar-refractivity contribution in [2.24, 2.45) is 5.92 Å². The van der Waals surface area contributed by atoms with Crippen molar-refractivity contribution >= 4 is 5.65 Å². The zero-order chi connectivity index (χ0) is 17.3. The topological polar surface area (TPSA) is 61.3 Å². The van der Waals surface area contributed by atoms with E-state index in [2.05, 4.69) is 25.9 Å². The number of hydrogen-bond donors (Lipinski definition) is 0. The monoisotopic (exact) mass is 326 g/mol.